The zero-order valence-corrected chi connectivity index (χ0v) is 16.2. The zero-order valence-electron chi connectivity index (χ0n) is 16.2. The number of H-pyrrole nitrogens is 1. The SMILES string of the molecule is c1ccc(C2Cc3cnc(Nc4ccc5nc[nH]c5c4)nc3-c3ccccc32)cc1. The van der Waals surface area contributed by atoms with Crippen molar-refractivity contribution in [1.29, 1.82) is 0 Å². The van der Waals surface area contributed by atoms with E-state index in [9.17, 15) is 0 Å². The van der Waals surface area contributed by atoms with Crippen LogP contribution in [0.3, 0.4) is 0 Å². The van der Waals surface area contributed by atoms with Gasteiger partial charge in [-0.15, -0.1) is 0 Å². The summed E-state index contributed by atoms with van der Waals surface area (Å²) in [7, 11) is 0. The molecule has 2 N–H and O–H groups in total. The van der Waals surface area contributed by atoms with Crippen LogP contribution < -0.4 is 5.32 Å². The minimum atomic E-state index is 0.320. The molecule has 1 aliphatic rings. The van der Waals surface area contributed by atoms with Crippen molar-refractivity contribution in [2.45, 2.75) is 12.3 Å². The average molecular weight is 389 g/mol. The normalized spacial score (nSPS) is 14.9. The number of fused-ring (bicyclic) bond motifs is 4. The Labute approximate surface area is 173 Å². The standard InChI is InChI=1S/C25H19N5/c1-2-6-16(7-3-1)21-12-17-14-26-25(30-24(17)20-9-5-4-8-19(20)21)29-18-10-11-22-23(13-18)28-15-27-22/h1-11,13-15,21H,12H2,(H,27,28)(H,26,29,30). The number of rotatable bonds is 3. The molecule has 5 nitrogen and oxygen atoms in total. The number of nitrogens with zero attached hydrogens (tertiary/aromatic N) is 3. The number of nitrogens with one attached hydrogen (secondary N) is 2. The Morgan fingerprint density at radius 3 is 2.70 bits per heavy atom. The van der Waals surface area contributed by atoms with Gasteiger partial charge in [-0.1, -0.05) is 54.6 Å². The van der Waals surface area contributed by atoms with Crippen LogP contribution in [0.1, 0.15) is 22.6 Å². The second-order valence-corrected chi connectivity index (χ2v) is 7.58. The fourth-order valence-corrected chi connectivity index (χ4v) is 4.32. The first kappa shape index (κ1) is 16.9. The predicted molar refractivity (Wildman–Crippen MR) is 119 cm³/mol. The van der Waals surface area contributed by atoms with Crippen molar-refractivity contribution >= 4 is 22.7 Å². The van der Waals surface area contributed by atoms with Crippen LogP contribution in [0.25, 0.3) is 22.3 Å². The van der Waals surface area contributed by atoms with Gasteiger partial charge in [-0.3, -0.25) is 0 Å². The number of hydrogen-bond donors (Lipinski definition) is 2. The number of benzene rings is 3. The third-order valence-corrected chi connectivity index (χ3v) is 5.76. The summed E-state index contributed by atoms with van der Waals surface area (Å²) in [4.78, 5) is 16.9. The molecule has 0 aliphatic heterocycles. The smallest absolute Gasteiger partial charge is 0.227 e. The highest BCUT2D eigenvalue weighted by molar-refractivity contribution is 5.80. The summed E-state index contributed by atoms with van der Waals surface area (Å²) in [5.74, 6) is 0.917. The first-order chi connectivity index (χ1) is 14.8. The molecule has 2 aromatic heterocycles. The van der Waals surface area contributed by atoms with Gasteiger partial charge in [0.05, 0.1) is 23.1 Å². The maximum absolute atomic E-state index is 4.90. The number of imidazole rings is 1. The summed E-state index contributed by atoms with van der Waals surface area (Å²) >= 11 is 0. The summed E-state index contributed by atoms with van der Waals surface area (Å²) < 4.78 is 0. The summed E-state index contributed by atoms with van der Waals surface area (Å²) in [5, 5.41) is 3.34. The number of aromatic nitrogens is 4. The van der Waals surface area contributed by atoms with Crippen molar-refractivity contribution in [3.8, 4) is 11.3 Å². The third-order valence-electron chi connectivity index (χ3n) is 5.76. The quantitative estimate of drug-likeness (QED) is 0.430. The van der Waals surface area contributed by atoms with Gasteiger partial charge in [0, 0.05) is 23.4 Å². The first-order valence-electron chi connectivity index (χ1n) is 10.1. The fourth-order valence-electron chi connectivity index (χ4n) is 4.32. The second kappa shape index (κ2) is 6.81. The number of anilines is 2. The Morgan fingerprint density at radius 1 is 0.900 bits per heavy atom. The van der Waals surface area contributed by atoms with E-state index in [0.717, 1.165) is 28.8 Å². The molecule has 5 aromatic rings. The molecule has 5 heteroatoms. The molecule has 0 amide bonds. The van der Waals surface area contributed by atoms with E-state index < -0.39 is 0 Å². The highest BCUT2D eigenvalue weighted by atomic mass is 15.1. The van der Waals surface area contributed by atoms with Crippen LogP contribution in [-0.4, -0.2) is 19.9 Å². The lowest BCUT2D eigenvalue weighted by molar-refractivity contribution is 0.782. The summed E-state index contributed by atoms with van der Waals surface area (Å²) in [6.07, 6.45) is 4.56. The van der Waals surface area contributed by atoms with Crippen molar-refractivity contribution < 1.29 is 0 Å². The van der Waals surface area contributed by atoms with E-state index in [1.54, 1.807) is 6.33 Å². The lowest BCUT2D eigenvalue weighted by Gasteiger charge is -2.27. The molecular weight excluding hydrogens is 370 g/mol. The molecule has 0 saturated heterocycles. The summed E-state index contributed by atoms with van der Waals surface area (Å²) in [6.45, 7) is 0. The Bertz CT molecular complexity index is 1360. The van der Waals surface area contributed by atoms with Gasteiger partial charge in [0.15, 0.2) is 0 Å². The minimum absolute atomic E-state index is 0.320. The van der Waals surface area contributed by atoms with Crippen LogP contribution in [-0.2, 0) is 6.42 Å². The molecule has 2 heterocycles. The highest BCUT2D eigenvalue weighted by Crippen LogP contribution is 2.41. The first-order valence-corrected chi connectivity index (χ1v) is 10.1. The van der Waals surface area contributed by atoms with Gasteiger partial charge in [-0.2, -0.15) is 0 Å². The monoisotopic (exact) mass is 389 g/mol. The van der Waals surface area contributed by atoms with Crippen LogP contribution in [0, 0.1) is 0 Å². The second-order valence-electron chi connectivity index (χ2n) is 7.58. The van der Waals surface area contributed by atoms with Gasteiger partial charge in [0.1, 0.15) is 0 Å². The van der Waals surface area contributed by atoms with Gasteiger partial charge in [0.2, 0.25) is 5.95 Å². The lowest BCUT2D eigenvalue weighted by atomic mass is 9.78. The van der Waals surface area contributed by atoms with Gasteiger partial charge in [-0.25, -0.2) is 15.0 Å². The van der Waals surface area contributed by atoms with E-state index >= 15 is 0 Å². The Kier molecular flexibility index (Phi) is 3.84. The molecular formula is C25H19N5. The lowest BCUT2D eigenvalue weighted by Crippen LogP contribution is -2.14. The Hall–Kier alpha value is -3.99. The average Bonchev–Trinajstić information content (AvgIpc) is 3.27. The van der Waals surface area contributed by atoms with E-state index in [2.05, 4.69) is 74.9 Å². The van der Waals surface area contributed by atoms with E-state index in [0.29, 0.717) is 11.9 Å². The predicted octanol–water partition coefficient (Wildman–Crippen LogP) is 5.45. The van der Waals surface area contributed by atoms with Crippen LogP contribution >= 0.6 is 0 Å². The minimum Gasteiger partial charge on any atom is -0.345 e. The maximum Gasteiger partial charge on any atom is 0.227 e. The van der Waals surface area contributed by atoms with Crippen molar-refractivity contribution in [3.05, 3.63) is 102 Å². The molecule has 144 valence electrons. The van der Waals surface area contributed by atoms with Gasteiger partial charge >= 0.3 is 0 Å². The van der Waals surface area contributed by atoms with Crippen LogP contribution in [0.2, 0.25) is 0 Å². The van der Waals surface area contributed by atoms with E-state index in [4.69, 9.17) is 4.98 Å². The zero-order chi connectivity index (χ0) is 19.9. The van der Waals surface area contributed by atoms with E-state index in [1.807, 2.05) is 24.4 Å². The van der Waals surface area contributed by atoms with Crippen molar-refractivity contribution in [3.63, 3.8) is 0 Å². The molecule has 1 unspecified atom stereocenters. The maximum atomic E-state index is 4.90. The van der Waals surface area contributed by atoms with E-state index in [-0.39, 0.29) is 0 Å². The molecule has 30 heavy (non-hydrogen) atoms. The molecule has 0 bridgehead atoms. The molecule has 0 spiro atoms. The van der Waals surface area contributed by atoms with E-state index in [1.165, 1.54) is 22.3 Å². The van der Waals surface area contributed by atoms with Crippen LogP contribution in [0.15, 0.2) is 85.3 Å². The molecule has 6 rings (SSSR count). The molecule has 0 fully saturated rings. The van der Waals surface area contributed by atoms with Gasteiger partial charge < -0.3 is 10.3 Å². The summed E-state index contributed by atoms with van der Waals surface area (Å²) in [6, 6.07) is 25.2. The molecule has 1 atom stereocenters. The van der Waals surface area contributed by atoms with Crippen LogP contribution in [0.4, 0.5) is 11.6 Å². The van der Waals surface area contributed by atoms with Gasteiger partial charge in [0.25, 0.3) is 0 Å². The topological polar surface area (TPSA) is 66.5 Å². The van der Waals surface area contributed by atoms with Crippen molar-refractivity contribution in [2.24, 2.45) is 0 Å². The molecule has 0 saturated carbocycles. The van der Waals surface area contributed by atoms with Crippen molar-refractivity contribution in [1.82, 2.24) is 19.9 Å². The number of aromatic amines is 1. The Balaban J connectivity index is 1.39. The molecule has 0 radical (unpaired) electrons. The summed E-state index contributed by atoms with van der Waals surface area (Å²) in [5.41, 5.74) is 8.86. The number of hydrogen-bond acceptors (Lipinski definition) is 4. The molecule has 1 aliphatic carbocycles. The highest BCUT2D eigenvalue weighted by Gasteiger charge is 2.27. The van der Waals surface area contributed by atoms with Gasteiger partial charge in [-0.05, 0) is 41.3 Å². The Morgan fingerprint density at radius 2 is 1.77 bits per heavy atom. The largest absolute Gasteiger partial charge is 0.345 e. The fraction of sp³-hybridized carbons (Fsp3) is 0.0800. The third kappa shape index (κ3) is 2.83. The van der Waals surface area contributed by atoms with Crippen LogP contribution in [0.5, 0.6) is 0 Å². The van der Waals surface area contributed by atoms with Crippen molar-refractivity contribution in [2.75, 3.05) is 5.32 Å². The molecule has 3 aromatic carbocycles.